The summed E-state index contributed by atoms with van der Waals surface area (Å²) in [6, 6.07) is 0. The van der Waals surface area contributed by atoms with Crippen LogP contribution in [0, 0.1) is 46.3 Å². The summed E-state index contributed by atoms with van der Waals surface area (Å²) >= 11 is 0. The fourth-order valence-corrected chi connectivity index (χ4v) is 9.71. The quantitative estimate of drug-likeness (QED) is 0.548. The van der Waals surface area contributed by atoms with Crippen LogP contribution in [-0.4, -0.2) is 40.9 Å². The van der Waals surface area contributed by atoms with E-state index in [0.717, 1.165) is 25.9 Å². The minimum Gasteiger partial charge on any atom is -0.390 e. The fraction of sp³-hybridized carbons (Fsp3) is 0.926. The maximum Gasteiger partial charge on any atom is 0.171 e. The van der Waals surface area contributed by atoms with E-state index in [1.54, 1.807) is 0 Å². The van der Waals surface area contributed by atoms with Gasteiger partial charge in [0.15, 0.2) is 5.79 Å². The first-order valence-electron chi connectivity index (χ1n) is 13.1. The number of ether oxygens (including phenoxy) is 2. The highest BCUT2D eigenvalue weighted by atomic mass is 16.7. The zero-order valence-corrected chi connectivity index (χ0v) is 19.8. The van der Waals surface area contributed by atoms with Gasteiger partial charge in [0.2, 0.25) is 0 Å². The maximum absolute atomic E-state index is 10.5. The number of rotatable bonds is 0. The molecule has 2 N–H and O–H groups in total. The first-order chi connectivity index (χ1) is 14.7. The van der Waals surface area contributed by atoms with Crippen molar-refractivity contribution in [1.29, 1.82) is 0 Å². The number of hydrogen-bond acceptors (Lipinski definition) is 4. The molecule has 3 saturated carbocycles. The molecule has 6 rings (SSSR count). The number of hydrogen-bond donors (Lipinski definition) is 2. The second-order valence-electron chi connectivity index (χ2n) is 12.8. The average Bonchev–Trinajstić information content (AvgIpc) is 3.16. The average molecular weight is 431 g/mol. The minimum absolute atomic E-state index is 0.0525. The van der Waals surface area contributed by atoms with Crippen molar-refractivity contribution >= 4 is 0 Å². The Morgan fingerprint density at radius 3 is 2.58 bits per heavy atom. The van der Waals surface area contributed by atoms with Gasteiger partial charge >= 0.3 is 0 Å². The van der Waals surface area contributed by atoms with E-state index in [2.05, 4.69) is 33.8 Å². The van der Waals surface area contributed by atoms with Crippen LogP contribution in [0.15, 0.2) is 11.6 Å². The van der Waals surface area contributed by atoms with Crippen LogP contribution in [0.3, 0.4) is 0 Å². The molecule has 1 unspecified atom stereocenters. The second kappa shape index (κ2) is 6.81. The lowest BCUT2D eigenvalue weighted by Crippen LogP contribution is -2.54. The van der Waals surface area contributed by atoms with Crippen LogP contribution in [0.4, 0.5) is 0 Å². The molecule has 0 aromatic heterocycles. The Kier molecular flexibility index (Phi) is 4.64. The van der Waals surface area contributed by atoms with Crippen molar-refractivity contribution in [2.75, 3.05) is 6.61 Å². The number of aliphatic hydroxyl groups is 2. The van der Waals surface area contributed by atoms with Crippen molar-refractivity contribution in [3.63, 3.8) is 0 Å². The van der Waals surface area contributed by atoms with Crippen molar-refractivity contribution in [2.24, 2.45) is 46.3 Å². The first-order valence-corrected chi connectivity index (χ1v) is 13.1. The Morgan fingerprint density at radius 1 is 1.03 bits per heavy atom. The van der Waals surface area contributed by atoms with E-state index in [4.69, 9.17) is 9.47 Å². The van der Waals surface area contributed by atoms with Gasteiger partial charge in [-0.2, -0.15) is 0 Å². The largest absolute Gasteiger partial charge is 0.390 e. The molecule has 6 aliphatic rings. The number of aliphatic hydroxyl groups excluding tert-OH is 2. The summed E-state index contributed by atoms with van der Waals surface area (Å²) in [6.45, 7) is 10.5. The van der Waals surface area contributed by atoms with Gasteiger partial charge in [-0.1, -0.05) is 39.3 Å². The SMILES string of the molecule is CC1CC[C@@]2(OC1)O[C@H]1C[C@H]3[C@@H]4CC=C5C[C@@H](O)[C@H](O)C[C@]5(C)[C@H]4CC[C@]3(C)[C@H]1[C@@H]2C. The van der Waals surface area contributed by atoms with Crippen molar-refractivity contribution in [3.05, 3.63) is 11.6 Å². The molecule has 4 nitrogen and oxygen atoms in total. The third kappa shape index (κ3) is 2.74. The molecule has 4 heteroatoms. The molecule has 2 heterocycles. The Bertz CT molecular complexity index is 769. The molecule has 2 aliphatic heterocycles. The van der Waals surface area contributed by atoms with Crippen LogP contribution in [0.1, 0.15) is 79.1 Å². The Labute approximate surface area is 187 Å². The summed E-state index contributed by atoms with van der Waals surface area (Å²) in [5, 5.41) is 20.8. The number of fused-ring (bicyclic) bond motifs is 7. The molecule has 0 aromatic carbocycles. The molecule has 4 aliphatic carbocycles. The lowest BCUT2D eigenvalue weighted by molar-refractivity contribution is -0.272. The van der Waals surface area contributed by atoms with Gasteiger partial charge < -0.3 is 19.7 Å². The van der Waals surface area contributed by atoms with Crippen molar-refractivity contribution in [1.82, 2.24) is 0 Å². The summed E-state index contributed by atoms with van der Waals surface area (Å²) < 4.78 is 13.3. The van der Waals surface area contributed by atoms with E-state index < -0.39 is 12.2 Å². The van der Waals surface area contributed by atoms with E-state index in [1.165, 1.54) is 31.3 Å². The molecule has 31 heavy (non-hydrogen) atoms. The lowest BCUT2D eigenvalue weighted by atomic mass is 9.46. The molecule has 5 fully saturated rings. The third-order valence-corrected chi connectivity index (χ3v) is 11.4. The predicted molar refractivity (Wildman–Crippen MR) is 119 cm³/mol. The van der Waals surface area contributed by atoms with Gasteiger partial charge in [-0.05, 0) is 85.4 Å². The van der Waals surface area contributed by atoms with Gasteiger partial charge in [0.05, 0.1) is 24.9 Å². The monoisotopic (exact) mass is 430 g/mol. The van der Waals surface area contributed by atoms with Gasteiger partial charge in [-0.25, -0.2) is 0 Å². The normalized spacial score (nSPS) is 60.7. The Hall–Kier alpha value is -0.420. The highest BCUT2D eigenvalue weighted by Gasteiger charge is 2.68. The van der Waals surface area contributed by atoms with Crippen molar-refractivity contribution in [3.8, 4) is 0 Å². The highest BCUT2D eigenvalue weighted by molar-refractivity contribution is 5.27. The minimum atomic E-state index is -0.584. The molecule has 0 aromatic rings. The van der Waals surface area contributed by atoms with Crippen molar-refractivity contribution in [2.45, 2.75) is 103 Å². The van der Waals surface area contributed by atoms with E-state index in [0.29, 0.717) is 53.4 Å². The zero-order valence-electron chi connectivity index (χ0n) is 19.8. The Balaban J connectivity index is 1.28. The lowest BCUT2D eigenvalue weighted by Gasteiger charge is -2.59. The summed E-state index contributed by atoms with van der Waals surface area (Å²) in [5.74, 6) is 3.39. The van der Waals surface area contributed by atoms with E-state index in [9.17, 15) is 10.2 Å². The molecule has 0 radical (unpaired) electrons. The van der Waals surface area contributed by atoms with Gasteiger partial charge in [-0.15, -0.1) is 0 Å². The number of allylic oxidation sites excluding steroid dienone is 1. The molecule has 2 saturated heterocycles. The van der Waals surface area contributed by atoms with E-state index in [1.807, 2.05) is 0 Å². The highest BCUT2D eigenvalue weighted by Crippen LogP contribution is 2.70. The summed E-state index contributed by atoms with van der Waals surface area (Å²) in [5.41, 5.74) is 1.80. The molecule has 174 valence electrons. The standard InChI is InChI=1S/C27H42O4/c1-15-7-10-27(30-14-15)16(2)24-23(31-27)12-20-18-6-5-17-11-21(28)22(29)13-26(17,4)19(18)8-9-25(20,24)3/h5,15-16,18-24,28-29H,6-14H2,1-4H3/t15?,16-,18+,19-,20-,21+,22+,23-,24-,25-,26-,27+/m0/s1. The maximum atomic E-state index is 10.5. The molecule has 0 bridgehead atoms. The fourth-order valence-electron chi connectivity index (χ4n) is 9.71. The van der Waals surface area contributed by atoms with Crippen LogP contribution in [-0.2, 0) is 9.47 Å². The molecule has 1 spiro atoms. The predicted octanol–water partition coefficient (Wildman–Crippen LogP) is 4.68. The van der Waals surface area contributed by atoms with Crippen molar-refractivity contribution < 1.29 is 19.7 Å². The van der Waals surface area contributed by atoms with E-state index in [-0.39, 0.29) is 11.2 Å². The Morgan fingerprint density at radius 2 is 1.84 bits per heavy atom. The first kappa shape index (κ1) is 21.1. The molecular weight excluding hydrogens is 388 g/mol. The summed E-state index contributed by atoms with van der Waals surface area (Å²) in [7, 11) is 0. The smallest absolute Gasteiger partial charge is 0.171 e. The summed E-state index contributed by atoms with van der Waals surface area (Å²) in [4.78, 5) is 0. The molecule has 12 atom stereocenters. The third-order valence-electron chi connectivity index (χ3n) is 11.4. The van der Waals surface area contributed by atoms with Crippen LogP contribution < -0.4 is 0 Å². The van der Waals surface area contributed by atoms with Crippen LogP contribution in [0.25, 0.3) is 0 Å². The zero-order chi connectivity index (χ0) is 21.8. The second-order valence-corrected chi connectivity index (χ2v) is 12.8. The molecule has 0 amide bonds. The summed E-state index contributed by atoms with van der Waals surface area (Å²) in [6.07, 6.45) is 10.1. The molecular formula is C27H42O4. The van der Waals surface area contributed by atoms with E-state index >= 15 is 0 Å². The van der Waals surface area contributed by atoms with Gasteiger partial charge in [0, 0.05) is 12.3 Å². The van der Waals surface area contributed by atoms with Crippen LogP contribution >= 0.6 is 0 Å². The van der Waals surface area contributed by atoms with Crippen LogP contribution in [0.5, 0.6) is 0 Å². The van der Waals surface area contributed by atoms with Crippen LogP contribution in [0.2, 0.25) is 0 Å². The topological polar surface area (TPSA) is 58.9 Å². The van der Waals surface area contributed by atoms with Gasteiger partial charge in [-0.3, -0.25) is 0 Å². The van der Waals surface area contributed by atoms with Gasteiger partial charge in [0.25, 0.3) is 0 Å². The van der Waals surface area contributed by atoms with Gasteiger partial charge in [0.1, 0.15) is 0 Å².